The number of hydrogen-bond acceptors (Lipinski definition) is 3. The first-order valence-electron chi connectivity index (χ1n) is 7.90. The van der Waals surface area contributed by atoms with Crippen LogP contribution in [0.4, 0.5) is 0 Å². The van der Waals surface area contributed by atoms with Crippen molar-refractivity contribution in [2.75, 3.05) is 13.1 Å². The summed E-state index contributed by atoms with van der Waals surface area (Å²) >= 11 is 0. The van der Waals surface area contributed by atoms with E-state index >= 15 is 0 Å². The van der Waals surface area contributed by atoms with Gasteiger partial charge in [0, 0.05) is 19.6 Å². The molecule has 6 nitrogen and oxygen atoms in total. The molecule has 1 aliphatic rings. The smallest absolute Gasteiger partial charge is 0.272 e. The van der Waals surface area contributed by atoms with E-state index in [1.165, 1.54) is 6.33 Å². The molecule has 0 spiro atoms. The molecule has 2 aromatic rings. The second-order valence-electron chi connectivity index (χ2n) is 5.65. The van der Waals surface area contributed by atoms with Crippen LogP contribution in [0, 0.1) is 0 Å². The van der Waals surface area contributed by atoms with Crippen LogP contribution in [0.3, 0.4) is 0 Å². The number of carbonyl (C=O) groups is 2. The number of imidazole rings is 1. The maximum atomic E-state index is 12.5. The highest BCUT2D eigenvalue weighted by Crippen LogP contribution is 2.14. The fraction of sp³-hybridized carbons (Fsp3) is 0.353. The quantitative estimate of drug-likeness (QED) is 0.906. The Labute approximate surface area is 134 Å². The molecular weight excluding hydrogens is 292 g/mol. The number of amides is 2. The standard InChI is InChI=1S/C17H20N4O2/c22-16(18-11-13-7-3-1-4-8-13)14-15(20-12-19-14)17(23)21-9-5-2-6-10-21/h1,3-4,7-8,12H,2,5-6,9-11H2,(H,18,22)(H,19,20). The molecule has 0 unspecified atom stereocenters. The van der Waals surface area contributed by atoms with Gasteiger partial charge in [-0.1, -0.05) is 30.3 Å². The van der Waals surface area contributed by atoms with E-state index in [9.17, 15) is 9.59 Å². The lowest BCUT2D eigenvalue weighted by Gasteiger charge is -2.26. The van der Waals surface area contributed by atoms with Crippen molar-refractivity contribution in [2.45, 2.75) is 25.8 Å². The van der Waals surface area contributed by atoms with Crippen LogP contribution < -0.4 is 5.32 Å². The van der Waals surface area contributed by atoms with Crippen molar-refractivity contribution in [3.63, 3.8) is 0 Å². The largest absolute Gasteiger partial charge is 0.347 e. The van der Waals surface area contributed by atoms with Crippen molar-refractivity contribution in [1.82, 2.24) is 20.2 Å². The van der Waals surface area contributed by atoms with E-state index in [2.05, 4.69) is 15.3 Å². The molecule has 2 amide bonds. The molecule has 0 bridgehead atoms. The first kappa shape index (κ1) is 15.3. The van der Waals surface area contributed by atoms with E-state index < -0.39 is 0 Å². The molecule has 1 aliphatic heterocycles. The highest BCUT2D eigenvalue weighted by atomic mass is 16.2. The van der Waals surface area contributed by atoms with Gasteiger partial charge in [-0.3, -0.25) is 9.59 Å². The minimum Gasteiger partial charge on any atom is -0.347 e. The predicted octanol–water partition coefficient (Wildman–Crippen LogP) is 1.97. The van der Waals surface area contributed by atoms with Crippen molar-refractivity contribution in [3.8, 4) is 0 Å². The Morgan fingerprint density at radius 1 is 1.13 bits per heavy atom. The van der Waals surface area contributed by atoms with Gasteiger partial charge in [0.25, 0.3) is 11.8 Å². The van der Waals surface area contributed by atoms with Crippen LogP contribution in [-0.2, 0) is 6.54 Å². The van der Waals surface area contributed by atoms with Gasteiger partial charge in [0.15, 0.2) is 5.69 Å². The Morgan fingerprint density at radius 3 is 2.61 bits per heavy atom. The van der Waals surface area contributed by atoms with E-state index in [1.807, 2.05) is 30.3 Å². The first-order valence-corrected chi connectivity index (χ1v) is 7.90. The van der Waals surface area contributed by atoms with Crippen LogP contribution >= 0.6 is 0 Å². The summed E-state index contributed by atoms with van der Waals surface area (Å²) in [6, 6.07) is 9.63. The number of nitrogens with zero attached hydrogens (tertiary/aromatic N) is 2. The topological polar surface area (TPSA) is 78.1 Å². The molecule has 2 heterocycles. The van der Waals surface area contributed by atoms with Crippen molar-refractivity contribution in [3.05, 3.63) is 53.6 Å². The molecular formula is C17H20N4O2. The van der Waals surface area contributed by atoms with Crippen LogP contribution in [0.2, 0.25) is 0 Å². The van der Waals surface area contributed by atoms with Crippen LogP contribution in [-0.4, -0.2) is 39.8 Å². The van der Waals surface area contributed by atoms with Gasteiger partial charge in [-0.05, 0) is 24.8 Å². The molecule has 2 N–H and O–H groups in total. The zero-order valence-electron chi connectivity index (χ0n) is 12.9. The van der Waals surface area contributed by atoms with Gasteiger partial charge < -0.3 is 15.2 Å². The molecule has 1 fully saturated rings. The molecule has 120 valence electrons. The van der Waals surface area contributed by atoms with Gasteiger partial charge in [-0.15, -0.1) is 0 Å². The van der Waals surface area contributed by atoms with E-state index in [4.69, 9.17) is 0 Å². The van der Waals surface area contributed by atoms with Crippen LogP contribution in [0.5, 0.6) is 0 Å². The Balaban J connectivity index is 1.67. The molecule has 0 atom stereocenters. The minimum absolute atomic E-state index is 0.146. The number of likely N-dealkylation sites (tertiary alicyclic amines) is 1. The number of carbonyl (C=O) groups excluding carboxylic acids is 2. The van der Waals surface area contributed by atoms with Crippen LogP contribution in [0.1, 0.15) is 45.8 Å². The average Bonchev–Trinajstić information content (AvgIpc) is 3.10. The Bertz CT molecular complexity index is 675. The van der Waals surface area contributed by atoms with Gasteiger partial charge in [0.05, 0.1) is 6.33 Å². The summed E-state index contributed by atoms with van der Waals surface area (Å²) < 4.78 is 0. The molecule has 0 saturated carbocycles. The van der Waals surface area contributed by atoms with Gasteiger partial charge in [-0.2, -0.15) is 0 Å². The predicted molar refractivity (Wildman–Crippen MR) is 86.0 cm³/mol. The maximum absolute atomic E-state index is 12.5. The molecule has 0 aliphatic carbocycles. The molecule has 1 aromatic heterocycles. The lowest BCUT2D eigenvalue weighted by atomic mass is 10.1. The summed E-state index contributed by atoms with van der Waals surface area (Å²) in [5.74, 6) is -0.484. The highest BCUT2D eigenvalue weighted by molar-refractivity contribution is 6.04. The minimum atomic E-state index is -0.338. The lowest BCUT2D eigenvalue weighted by molar-refractivity contribution is 0.0713. The summed E-state index contributed by atoms with van der Waals surface area (Å²) in [4.78, 5) is 33.5. The normalized spacial score (nSPS) is 14.5. The first-order chi connectivity index (χ1) is 11.3. The Morgan fingerprint density at radius 2 is 1.87 bits per heavy atom. The van der Waals surface area contributed by atoms with E-state index in [1.54, 1.807) is 4.90 Å². The third-order valence-corrected chi connectivity index (χ3v) is 4.01. The maximum Gasteiger partial charge on any atom is 0.272 e. The summed E-state index contributed by atoms with van der Waals surface area (Å²) in [6.07, 6.45) is 4.57. The SMILES string of the molecule is O=C(NCc1ccccc1)c1nc[nH]c1C(=O)N1CCCCC1. The van der Waals surface area contributed by atoms with Gasteiger partial charge in [-0.25, -0.2) is 4.98 Å². The van der Waals surface area contributed by atoms with Crippen molar-refractivity contribution in [2.24, 2.45) is 0 Å². The second kappa shape index (κ2) is 7.09. The summed E-state index contributed by atoms with van der Waals surface area (Å²) in [5, 5.41) is 2.81. The monoisotopic (exact) mass is 312 g/mol. The van der Waals surface area contributed by atoms with Gasteiger partial charge >= 0.3 is 0 Å². The molecule has 1 saturated heterocycles. The molecule has 6 heteroatoms. The zero-order chi connectivity index (χ0) is 16.1. The number of nitrogens with one attached hydrogen (secondary N) is 2. The van der Waals surface area contributed by atoms with E-state index in [-0.39, 0.29) is 23.2 Å². The molecule has 3 rings (SSSR count). The number of aromatic nitrogens is 2. The Kier molecular flexibility index (Phi) is 4.71. The highest BCUT2D eigenvalue weighted by Gasteiger charge is 2.25. The molecule has 0 radical (unpaired) electrons. The van der Waals surface area contributed by atoms with Gasteiger partial charge in [0.1, 0.15) is 5.69 Å². The third-order valence-electron chi connectivity index (χ3n) is 4.01. The number of benzene rings is 1. The number of piperidine rings is 1. The van der Waals surface area contributed by atoms with E-state index in [0.29, 0.717) is 6.54 Å². The lowest BCUT2D eigenvalue weighted by Crippen LogP contribution is -2.37. The summed E-state index contributed by atoms with van der Waals surface area (Å²) in [6.45, 7) is 1.88. The molecule has 23 heavy (non-hydrogen) atoms. The summed E-state index contributed by atoms with van der Waals surface area (Å²) in [5.41, 5.74) is 1.44. The fourth-order valence-corrected chi connectivity index (χ4v) is 2.75. The number of aromatic amines is 1. The van der Waals surface area contributed by atoms with Crippen molar-refractivity contribution in [1.29, 1.82) is 0 Å². The molecule has 1 aromatic carbocycles. The van der Waals surface area contributed by atoms with E-state index in [0.717, 1.165) is 37.9 Å². The third kappa shape index (κ3) is 3.59. The number of H-pyrrole nitrogens is 1. The summed E-state index contributed by atoms with van der Waals surface area (Å²) in [7, 11) is 0. The van der Waals surface area contributed by atoms with Crippen LogP contribution in [0.25, 0.3) is 0 Å². The Hall–Kier alpha value is -2.63. The van der Waals surface area contributed by atoms with Gasteiger partial charge in [0.2, 0.25) is 0 Å². The second-order valence-corrected chi connectivity index (χ2v) is 5.65. The van der Waals surface area contributed by atoms with Crippen LogP contribution in [0.15, 0.2) is 36.7 Å². The van der Waals surface area contributed by atoms with Crippen molar-refractivity contribution < 1.29 is 9.59 Å². The van der Waals surface area contributed by atoms with Crippen molar-refractivity contribution >= 4 is 11.8 Å². The number of hydrogen-bond donors (Lipinski definition) is 2. The number of rotatable bonds is 4. The fourth-order valence-electron chi connectivity index (χ4n) is 2.75. The zero-order valence-corrected chi connectivity index (χ0v) is 12.9. The average molecular weight is 312 g/mol.